The predicted molar refractivity (Wildman–Crippen MR) is 240 cm³/mol. The summed E-state index contributed by atoms with van der Waals surface area (Å²) in [6.45, 7) is 2.39. The van der Waals surface area contributed by atoms with Gasteiger partial charge in [-0.2, -0.15) is 0 Å². The smallest absolute Gasteiger partial charge is 0.0467 e. The van der Waals surface area contributed by atoms with E-state index in [1.165, 1.54) is 81.0 Å². The van der Waals surface area contributed by atoms with Crippen molar-refractivity contribution in [1.29, 1.82) is 0 Å². The fraction of sp³-hybridized carbons (Fsp3) is 0.0370. The third-order valence-corrected chi connectivity index (χ3v) is 13.1. The molecule has 0 N–H and O–H groups in total. The van der Waals surface area contributed by atoms with E-state index >= 15 is 0 Å². The number of thiophene rings is 1. The molecule has 0 radical (unpaired) electrons. The molecule has 9 aromatic carbocycles. The molecule has 10 aromatic rings. The standard InChI is InChI=1S/C54H37NS/c1-54(41-16-3-2-4-17-41)49-22-9-7-19-46(49)47-32-31-44(35-50(47)54)55(42-29-27-37(28-30-42)39-26-25-36-13-5-6-14-38(36)33-39)43-18-11-15-40(34-43)45-21-12-24-52-53(45)48-20-8-10-23-51(48)56-52/h2-35H,1H3. The summed E-state index contributed by atoms with van der Waals surface area (Å²) in [7, 11) is 0. The number of benzene rings is 9. The Labute approximate surface area is 331 Å². The van der Waals surface area contributed by atoms with E-state index in [0.717, 1.165) is 17.1 Å². The summed E-state index contributed by atoms with van der Waals surface area (Å²) in [5.74, 6) is 0. The van der Waals surface area contributed by atoms with E-state index in [9.17, 15) is 0 Å². The maximum Gasteiger partial charge on any atom is 0.0467 e. The molecule has 0 aliphatic heterocycles. The zero-order chi connectivity index (χ0) is 37.2. The summed E-state index contributed by atoms with van der Waals surface area (Å²) in [5, 5.41) is 5.14. The van der Waals surface area contributed by atoms with Crippen LogP contribution in [0.25, 0.3) is 64.3 Å². The molecule has 1 aliphatic carbocycles. The van der Waals surface area contributed by atoms with Crippen LogP contribution in [0.1, 0.15) is 23.6 Å². The summed E-state index contributed by atoms with van der Waals surface area (Å²) in [5.41, 5.74) is 14.5. The van der Waals surface area contributed by atoms with Crippen LogP contribution in [-0.4, -0.2) is 0 Å². The first-order valence-electron chi connectivity index (χ1n) is 19.3. The Balaban J connectivity index is 1.09. The molecule has 56 heavy (non-hydrogen) atoms. The van der Waals surface area contributed by atoms with Gasteiger partial charge in [-0.15, -0.1) is 11.3 Å². The molecule has 0 amide bonds. The highest BCUT2D eigenvalue weighted by atomic mass is 32.1. The van der Waals surface area contributed by atoms with Gasteiger partial charge in [0.15, 0.2) is 0 Å². The van der Waals surface area contributed by atoms with Crippen LogP contribution in [0, 0.1) is 0 Å². The quantitative estimate of drug-likeness (QED) is 0.165. The van der Waals surface area contributed by atoms with Gasteiger partial charge in [0.2, 0.25) is 0 Å². The van der Waals surface area contributed by atoms with E-state index in [2.05, 4.69) is 218 Å². The molecule has 0 bridgehead atoms. The molecule has 1 aliphatic rings. The van der Waals surface area contributed by atoms with Crippen LogP contribution in [-0.2, 0) is 5.41 Å². The van der Waals surface area contributed by atoms with Crippen molar-refractivity contribution >= 4 is 59.3 Å². The van der Waals surface area contributed by atoms with Crippen molar-refractivity contribution in [2.24, 2.45) is 0 Å². The van der Waals surface area contributed by atoms with Crippen LogP contribution in [0.2, 0.25) is 0 Å². The van der Waals surface area contributed by atoms with Gasteiger partial charge in [-0.1, -0.05) is 152 Å². The van der Waals surface area contributed by atoms with Gasteiger partial charge in [-0.05, 0) is 122 Å². The van der Waals surface area contributed by atoms with Gasteiger partial charge in [0.05, 0.1) is 0 Å². The topological polar surface area (TPSA) is 3.24 Å². The fourth-order valence-electron chi connectivity index (χ4n) is 9.15. The number of nitrogens with zero attached hydrogens (tertiary/aromatic N) is 1. The average Bonchev–Trinajstić information content (AvgIpc) is 3.77. The summed E-state index contributed by atoms with van der Waals surface area (Å²) in [6.07, 6.45) is 0. The number of anilines is 3. The van der Waals surface area contributed by atoms with E-state index in [-0.39, 0.29) is 5.41 Å². The first-order valence-corrected chi connectivity index (χ1v) is 20.2. The molecule has 264 valence electrons. The lowest BCUT2D eigenvalue weighted by molar-refractivity contribution is 0.714. The van der Waals surface area contributed by atoms with Crippen molar-refractivity contribution in [3.05, 3.63) is 223 Å². The largest absolute Gasteiger partial charge is 0.310 e. The molecule has 1 nitrogen and oxygen atoms in total. The molecule has 0 saturated carbocycles. The van der Waals surface area contributed by atoms with E-state index < -0.39 is 0 Å². The lowest BCUT2D eigenvalue weighted by Crippen LogP contribution is -2.22. The third-order valence-electron chi connectivity index (χ3n) is 11.9. The highest BCUT2D eigenvalue weighted by Gasteiger charge is 2.41. The van der Waals surface area contributed by atoms with Crippen molar-refractivity contribution in [2.75, 3.05) is 4.90 Å². The summed E-state index contributed by atoms with van der Waals surface area (Å²) < 4.78 is 2.63. The van der Waals surface area contributed by atoms with E-state index in [0.29, 0.717) is 0 Å². The molecule has 1 aromatic heterocycles. The van der Waals surface area contributed by atoms with Gasteiger partial charge >= 0.3 is 0 Å². The maximum atomic E-state index is 2.44. The number of hydrogen-bond acceptors (Lipinski definition) is 2. The minimum absolute atomic E-state index is 0.299. The van der Waals surface area contributed by atoms with Gasteiger partial charge in [-0.25, -0.2) is 0 Å². The molecule has 1 unspecified atom stereocenters. The van der Waals surface area contributed by atoms with Gasteiger partial charge in [-0.3, -0.25) is 0 Å². The Kier molecular flexibility index (Phi) is 7.55. The zero-order valence-corrected chi connectivity index (χ0v) is 31.8. The average molecular weight is 732 g/mol. The van der Waals surface area contributed by atoms with E-state index in [1.54, 1.807) is 0 Å². The molecule has 0 saturated heterocycles. The maximum absolute atomic E-state index is 2.44. The van der Waals surface area contributed by atoms with Crippen LogP contribution in [0.5, 0.6) is 0 Å². The summed E-state index contributed by atoms with van der Waals surface area (Å²) >= 11 is 1.87. The predicted octanol–water partition coefficient (Wildman–Crippen LogP) is 15.3. The van der Waals surface area contributed by atoms with Gasteiger partial charge in [0.1, 0.15) is 0 Å². The van der Waals surface area contributed by atoms with Gasteiger partial charge in [0, 0.05) is 42.6 Å². The second-order valence-electron chi connectivity index (χ2n) is 15.0. The van der Waals surface area contributed by atoms with Crippen LogP contribution < -0.4 is 4.90 Å². The SMILES string of the molecule is CC1(c2ccccc2)c2ccccc2-c2ccc(N(c3ccc(-c4ccc5ccccc5c4)cc3)c3cccc(-c4cccc5sc6ccccc6c45)c3)cc21. The molecular formula is C54H37NS. The molecule has 1 atom stereocenters. The molecule has 11 rings (SSSR count). The van der Waals surface area contributed by atoms with Crippen molar-refractivity contribution < 1.29 is 0 Å². The monoisotopic (exact) mass is 731 g/mol. The normalized spacial score (nSPS) is 14.6. The fourth-order valence-corrected chi connectivity index (χ4v) is 10.3. The Hall–Kier alpha value is -6.74. The summed E-state index contributed by atoms with van der Waals surface area (Å²) in [6, 6.07) is 76.1. The summed E-state index contributed by atoms with van der Waals surface area (Å²) in [4.78, 5) is 2.44. The van der Waals surface area contributed by atoms with E-state index in [4.69, 9.17) is 0 Å². The van der Waals surface area contributed by atoms with Crippen LogP contribution in [0.15, 0.2) is 206 Å². The van der Waals surface area contributed by atoms with Crippen LogP contribution in [0.3, 0.4) is 0 Å². The molecule has 1 heterocycles. The Morgan fingerprint density at radius 2 is 1.05 bits per heavy atom. The second kappa shape index (κ2) is 12.9. The molecular weight excluding hydrogens is 695 g/mol. The van der Waals surface area contributed by atoms with Crippen molar-refractivity contribution in [2.45, 2.75) is 12.3 Å². The van der Waals surface area contributed by atoms with Gasteiger partial charge in [0.25, 0.3) is 0 Å². The highest BCUT2D eigenvalue weighted by Crippen LogP contribution is 2.54. The molecule has 2 heteroatoms. The van der Waals surface area contributed by atoms with E-state index in [1.807, 2.05) is 11.3 Å². The zero-order valence-electron chi connectivity index (χ0n) is 31.0. The Morgan fingerprint density at radius 1 is 0.393 bits per heavy atom. The Bertz CT molecular complexity index is 3100. The molecule has 0 fully saturated rings. The van der Waals surface area contributed by atoms with Crippen molar-refractivity contribution in [3.63, 3.8) is 0 Å². The van der Waals surface area contributed by atoms with Crippen LogP contribution >= 0.6 is 11.3 Å². The lowest BCUT2D eigenvalue weighted by Gasteiger charge is -2.31. The number of fused-ring (bicyclic) bond motifs is 7. The third kappa shape index (κ3) is 5.14. The highest BCUT2D eigenvalue weighted by molar-refractivity contribution is 7.25. The lowest BCUT2D eigenvalue weighted by atomic mass is 9.74. The first kappa shape index (κ1) is 32.7. The second-order valence-corrected chi connectivity index (χ2v) is 16.1. The minimum Gasteiger partial charge on any atom is -0.310 e. The van der Waals surface area contributed by atoms with Crippen LogP contribution in [0.4, 0.5) is 17.1 Å². The first-order chi connectivity index (χ1) is 27.6. The molecule has 0 spiro atoms. The minimum atomic E-state index is -0.299. The Morgan fingerprint density at radius 3 is 1.95 bits per heavy atom. The number of rotatable bonds is 6. The number of hydrogen-bond donors (Lipinski definition) is 0. The van der Waals surface area contributed by atoms with Crippen molar-refractivity contribution in [1.82, 2.24) is 0 Å². The van der Waals surface area contributed by atoms with Crippen molar-refractivity contribution in [3.8, 4) is 33.4 Å². The van der Waals surface area contributed by atoms with Gasteiger partial charge < -0.3 is 4.90 Å².